The van der Waals surface area contributed by atoms with Crippen LogP contribution in [0.5, 0.6) is 17.2 Å². The van der Waals surface area contributed by atoms with Gasteiger partial charge in [0.25, 0.3) is 5.91 Å². The second-order valence-electron chi connectivity index (χ2n) is 8.24. The Morgan fingerprint density at radius 1 is 0.972 bits per heavy atom. The number of benzene rings is 3. The van der Waals surface area contributed by atoms with E-state index >= 15 is 0 Å². The summed E-state index contributed by atoms with van der Waals surface area (Å²) < 4.78 is 23.1. The van der Waals surface area contributed by atoms with Gasteiger partial charge in [-0.3, -0.25) is 4.79 Å². The van der Waals surface area contributed by atoms with Crippen LogP contribution in [0.2, 0.25) is 0 Å². The Bertz CT molecular complexity index is 1240. The lowest BCUT2D eigenvalue weighted by atomic mass is 9.91. The van der Waals surface area contributed by atoms with Crippen LogP contribution in [0.1, 0.15) is 44.8 Å². The molecule has 1 amide bonds. The van der Waals surface area contributed by atoms with Gasteiger partial charge in [-0.25, -0.2) is 4.79 Å². The molecular formula is C28H28BrNO6. The Morgan fingerprint density at radius 3 is 2.36 bits per heavy atom. The molecule has 36 heavy (non-hydrogen) atoms. The van der Waals surface area contributed by atoms with Crippen LogP contribution in [0, 0.1) is 0 Å². The first-order valence-corrected chi connectivity index (χ1v) is 12.5. The number of rotatable bonds is 8. The molecule has 0 N–H and O–H groups in total. The summed E-state index contributed by atoms with van der Waals surface area (Å²) in [5.74, 6) is 1.37. The van der Waals surface area contributed by atoms with Gasteiger partial charge in [0.1, 0.15) is 12.4 Å². The number of esters is 1. The zero-order valence-electron chi connectivity index (χ0n) is 20.5. The van der Waals surface area contributed by atoms with Crippen LogP contribution >= 0.6 is 15.9 Å². The SMILES string of the molecule is CCOC(=O)c1ccc(OCC2c3cc(OC)c(OC)cc3CCN2C(=O)c2cccc(Br)c2)cc1. The molecule has 0 saturated heterocycles. The molecule has 0 fully saturated rings. The number of nitrogens with zero attached hydrogens (tertiary/aromatic N) is 1. The predicted molar refractivity (Wildman–Crippen MR) is 139 cm³/mol. The van der Waals surface area contributed by atoms with Gasteiger partial charge in [0.2, 0.25) is 0 Å². The van der Waals surface area contributed by atoms with Crippen LogP contribution in [0.4, 0.5) is 0 Å². The molecule has 0 radical (unpaired) electrons. The molecule has 0 spiro atoms. The average molecular weight is 554 g/mol. The van der Waals surface area contributed by atoms with E-state index in [1.165, 1.54) is 0 Å². The van der Waals surface area contributed by atoms with Crippen LogP contribution in [0.25, 0.3) is 0 Å². The van der Waals surface area contributed by atoms with E-state index in [0.717, 1.165) is 15.6 Å². The highest BCUT2D eigenvalue weighted by molar-refractivity contribution is 9.10. The van der Waals surface area contributed by atoms with Crippen molar-refractivity contribution in [1.82, 2.24) is 4.90 Å². The molecule has 1 aliphatic rings. The number of ether oxygens (including phenoxy) is 4. The minimum absolute atomic E-state index is 0.0806. The van der Waals surface area contributed by atoms with Crippen molar-refractivity contribution in [2.24, 2.45) is 0 Å². The van der Waals surface area contributed by atoms with E-state index in [-0.39, 0.29) is 24.5 Å². The molecule has 1 heterocycles. The standard InChI is InChI=1S/C28H28BrNO6/c1-4-35-28(32)18-8-10-22(11-9-18)36-17-24-23-16-26(34-3)25(33-2)15-19(23)12-13-30(24)27(31)20-6-5-7-21(29)14-20/h5-11,14-16,24H,4,12-13,17H2,1-3H3. The third-order valence-corrected chi connectivity index (χ3v) is 6.60. The Labute approximate surface area is 219 Å². The van der Waals surface area contributed by atoms with Crippen LogP contribution in [-0.2, 0) is 11.2 Å². The maximum Gasteiger partial charge on any atom is 0.338 e. The summed E-state index contributed by atoms with van der Waals surface area (Å²) in [6.07, 6.45) is 0.681. The monoisotopic (exact) mass is 553 g/mol. The van der Waals surface area contributed by atoms with E-state index in [4.69, 9.17) is 18.9 Å². The predicted octanol–water partition coefficient (Wildman–Crippen LogP) is 5.46. The quantitative estimate of drug-likeness (QED) is 0.345. The van der Waals surface area contributed by atoms with Gasteiger partial charge in [-0.2, -0.15) is 0 Å². The minimum atomic E-state index is -0.378. The molecule has 4 rings (SSSR count). The molecule has 1 aliphatic heterocycles. The van der Waals surface area contributed by atoms with Crippen LogP contribution in [0.15, 0.2) is 65.1 Å². The number of halogens is 1. The zero-order chi connectivity index (χ0) is 25.7. The fourth-order valence-corrected chi connectivity index (χ4v) is 4.71. The van der Waals surface area contributed by atoms with Gasteiger partial charge in [0.15, 0.2) is 11.5 Å². The molecule has 3 aromatic carbocycles. The Morgan fingerprint density at radius 2 is 1.69 bits per heavy atom. The molecule has 1 atom stereocenters. The van der Waals surface area contributed by atoms with Crippen molar-refractivity contribution in [2.75, 3.05) is 34.0 Å². The third-order valence-electron chi connectivity index (χ3n) is 6.11. The van der Waals surface area contributed by atoms with Gasteiger partial charge in [0, 0.05) is 16.6 Å². The summed E-state index contributed by atoms with van der Waals surface area (Å²) in [7, 11) is 3.20. The van der Waals surface area contributed by atoms with E-state index in [1.807, 2.05) is 41.3 Å². The van der Waals surface area contributed by atoms with Crippen molar-refractivity contribution in [3.05, 3.63) is 87.4 Å². The summed E-state index contributed by atoms with van der Waals surface area (Å²) in [6, 6.07) is 17.7. The maximum atomic E-state index is 13.6. The number of fused-ring (bicyclic) bond motifs is 1. The van der Waals surface area contributed by atoms with Crippen molar-refractivity contribution < 1.29 is 28.5 Å². The fourth-order valence-electron chi connectivity index (χ4n) is 4.32. The fraction of sp³-hybridized carbons (Fsp3) is 0.286. The largest absolute Gasteiger partial charge is 0.493 e. The molecule has 7 nitrogen and oxygen atoms in total. The van der Waals surface area contributed by atoms with Gasteiger partial charge in [-0.15, -0.1) is 0 Å². The van der Waals surface area contributed by atoms with Crippen molar-refractivity contribution in [2.45, 2.75) is 19.4 Å². The second-order valence-corrected chi connectivity index (χ2v) is 9.15. The Kier molecular flexibility index (Phi) is 8.15. The van der Waals surface area contributed by atoms with Crippen LogP contribution < -0.4 is 14.2 Å². The Balaban J connectivity index is 1.64. The topological polar surface area (TPSA) is 74.3 Å². The smallest absolute Gasteiger partial charge is 0.338 e. The summed E-state index contributed by atoms with van der Waals surface area (Å²) >= 11 is 3.46. The minimum Gasteiger partial charge on any atom is -0.493 e. The van der Waals surface area contributed by atoms with Crippen LogP contribution in [-0.4, -0.2) is 50.8 Å². The van der Waals surface area contributed by atoms with Crippen LogP contribution in [0.3, 0.4) is 0 Å². The van der Waals surface area contributed by atoms with Crippen molar-refractivity contribution in [3.8, 4) is 17.2 Å². The molecule has 1 unspecified atom stereocenters. The summed E-state index contributed by atoms with van der Waals surface area (Å²) in [5, 5.41) is 0. The molecular weight excluding hydrogens is 526 g/mol. The highest BCUT2D eigenvalue weighted by Gasteiger charge is 2.33. The lowest BCUT2D eigenvalue weighted by molar-refractivity contribution is 0.0524. The maximum absolute atomic E-state index is 13.6. The number of amides is 1. The zero-order valence-corrected chi connectivity index (χ0v) is 22.0. The third kappa shape index (κ3) is 5.49. The molecule has 8 heteroatoms. The van der Waals surface area contributed by atoms with E-state index in [0.29, 0.717) is 47.9 Å². The normalized spacial score (nSPS) is 14.6. The second kappa shape index (κ2) is 11.5. The van der Waals surface area contributed by atoms with Gasteiger partial charge >= 0.3 is 5.97 Å². The molecule has 0 aliphatic carbocycles. The summed E-state index contributed by atoms with van der Waals surface area (Å²) in [6.45, 7) is 2.84. The van der Waals surface area contributed by atoms with Gasteiger partial charge in [0.05, 0.1) is 32.4 Å². The van der Waals surface area contributed by atoms with Gasteiger partial charge in [-0.1, -0.05) is 22.0 Å². The lowest BCUT2D eigenvalue weighted by Gasteiger charge is -2.37. The molecule has 3 aromatic rings. The number of methoxy groups -OCH3 is 2. The van der Waals surface area contributed by atoms with Crippen molar-refractivity contribution in [1.29, 1.82) is 0 Å². The molecule has 188 valence electrons. The Hall–Kier alpha value is -3.52. The van der Waals surface area contributed by atoms with E-state index < -0.39 is 0 Å². The highest BCUT2D eigenvalue weighted by atomic mass is 79.9. The average Bonchev–Trinajstić information content (AvgIpc) is 2.90. The molecule has 0 aromatic heterocycles. The summed E-state index contributed by atoms with van der Waals surface area (Å²) in [4.78, 5) is 27.4. The number of hydrogen-bond acceptors (Lipinski definition) is 6. The van der Waals surface area contributed by atoms with Gasteiger partial charge < -0.3 is 23.8 Å². The van der Waals surface area contributed by atoms with E-state index in [1.54, 1.807) is 45.4 Å². The lowest BCUT2D eigenvalue weighted by Crippen LogP contribution is -2.42. The van der Waals surface area contributed by atoms with Crippen molar-refractivity contribution in [3.63, 3.8) is 0 Å². The number of carbonyl (C=O) groups excluding carboxylic acids is 2. The summed E-state index contributed by atoms with van der Waals surface area (Å²) in [5.41, 5.74) is 3.08. The number of hydrogen-bond donors (Lipinski definition) is 0. The van der Waals surface area contributed by atoms with E-state index in [9.17, 15) is 9.59 Å². The first-order valence-electron chi connectivity index (χ1n) is 11.7. The molecule has 0 saturated carbocycles. The molecule has 0 bridgehead atoms. The first-order chi connectivity index (χ1) is 17.4. The van der Waals surface area contributed by atoms with Gasteiger partial charge in [-0.05, 0) is 79.1 Å². The first kappa shape index (κ1) is 25.6. The van der Waals surface area contributed by atoms with Crippen molar-refractivity contribution >= 4 is 27.8 Å². The highest BCUT2D eigenvalue weighted by Crippen LogP contribution is 2.39. The van der Waals surface area contributed by atoms with E-state index in [2.05, 4.69) is 15.9 Å². The number of carbonyl (C=O) groups is 2.